The summed E-state index contributed by atoms with van der Waals surface area (Å²) in [6.07, 6.45) is 0.882. The van der Waals surface area contributed by atoms with Crippen molar-refractivity contribution < 1.29 is 38.2 Å². The molecular formula is C49H61N11O8. The van der Waals surface area contributed by atoms with Crippen LogP contribution in [-0.2, 0) is 31.0 Å². The monoisotopic (exact) mass is 931 g/mol. The van der Waals surface area contributed by atoms with Gasteiger partial charge in [-0.1, -0.05) is 38.1 Å². The number of aromatic nitrogens is 2. The molecule has 0 saturated carbocycles. The highest BCUT2D eigenvalue weighted by Crippen LogP contribution is 2.41. The first kappa shape index (κ1) is 50.3. The summed E-state index contributed by atoms with van der Waals surface area (Å²) >= 11 is 0. The molecule has 0 radical (unpaired) electrons. The normalized spacial score (nSPS) is 17.9. The second-order valence-corrected chi connectivity index (χ2v) is 17.5. The van der Waals surface area contributed by atoms with Gasteiger partial charge in [-0.25, -0.2) is 9.97 Å². The van der Waals surface area contributed by atoms with Crippen LogP contribution in [0.5, 0.6) is 17.2 Å². The second-order valence-electron chi connectivity index (χ2n) is 17.5. The highest BCUT2D eigenvalue weighted by molar-refractivity contribution is 6.00. The van der Waals surface area contributed by atoms with Gasteiger partial charge in [-0.15, -0.1) is 0 Å². The van der Waals surface area contributed by atoms with Crippen molar-refractivity contribution >= 4 is 29.5 Å². The molecular weight excluding hydrogens is 871 g/mol. The van der Waals surface area contributed by atoms with Gasteiger partial charge in [-0.3, -0.25) is 24.0 Å². The molecule has 360 valence electrons. The number of carbonyl (C=O) groups excluding carboxylic acids is 5. The van der Waals surface area contributed by atoms with Crippen LogP contribution in [0.1, 0.15) is 78.1 Å². The highest BCUT2D eigenvalue weighted by atomic mass is 16.5. The van der Waals surface area contributed by atoms with Crippen LogP contribution in [0.25, 0.3) is 22.5 Å². The molecule has 1 aromatic heterocycles. The Kier molecular flexibility index (Phi) is 16.3. The van der Waals surface area contributed by atoms with Crippen molar-refractivity contribution in [1.29, 1.82) is 5.26 Å². The van der Waals surface area contributed by atoms with Crippen LogP contribution in [0.3, 0.4) is 0 Å². The number of aryl methyl sites for hydroxylation is 2. The summed E-state index contributed by atoms with van der Waals surface area (Å²) < 4.78 is 18.2. The smallest absolute Gasteiger partial charge is 0.255 e. The second kappa shape index (κ2) is 22.1. The van der Waals surface area contributed by atoms with Gasteiger partial charge in [0.15, 0.2) is 5.82 Å². The van der Waals surface area contributed by atoms with E-state index in [9.17, 15) is 29.2 Å². The van der Waals surface area contributed by atoms with Gasteiger partial charge in [0.25, 0.3) is 5.91 Å². The zero-order chi connectivity index (χ0) is 49.3. The van der Waals surface area contributed by atoms with Crippen molar-refractivity contribution in [3.8, 4) is 45.8 Å². The Balaban J connectivity index is 1.38. The van der Waals surface area contributed by atoms with Crippen LogP contribution in [0.15, 0.2) is 54.6 Å². The van der Waals surface area contributed by atoms with E-state index in [2.05, 4.69) is 35.1 Å². The Morgan fingerprint density at radius 3 is 2.24 bits per heavy atom. The molecule has 2 aliphatic rings. The van der Waals surface area contributed by atoms with Crippen molar-refractivity contribution in [3.63, 3.8) is 0 Å². The summed E-state index contributed by atoms with van der Waals surface area (Å²) in [6, 6.07) is 12.9. The fourth-order valence-electron chi connectivity index (χ4n) is 8.42. The Morgan fingerprint density at radius 2 is 1.59 bits per heavy atom. The number of nitrogens with two attached hydrogens (primary N) is 3. The molecule has 0 unspecified atom stereocenters. The molecule has 10 N–H and O–H groups in total. The van der Waals surface area contributed by atoms with Crippen LogP contribution in [-0.4, -0.2) is 116 Å². The molecule has 2 aliphatic heterocycles. The van der Waals surface area contributed by atoms with Gasteiger partial charge in [0, 0.05) is 43.2 Å². The van der Waals surface area contributed by atoms with E-state index >= 15 is 0 Å². The maximum atomic E-state index is 14.8. The lowest BCUT2D eigenvalue weighted by Crippen LogP contribution is -2.56. The lowest BCUT2D eigenvalue weighted by atomic mass is 9.79. The van der Waals surface area contributed by atoms with E-state index in [1.54, 1.807) is 50.2 Å². The summed E-state index contributed by atoms with van der Waals surface area (Å²) in [6.45, 7) is 10.1. The third kappa shape index (κ3) is 11.3. The van der Waals surface area contributed by atoms with Crippen molar-refractivity contribution in [2.75, 3.05) is 53.0 Å². The number of likely N-dealkylation sites (N-methyl/N-ethyl adjacent to an activating group) is 1. The molecule has 4 atom stereocenters. The predicted molar refractivity (Wildman–Crippen MR) is 253 cm³/mol. The minimum Gasteiger partial charge on any atom is -0.493 e. The lowest BCUT2D eigenvalue weighted by Gasteiger charge is -2.33. The number of nitrogens with zero attached hydrogens (tertiary/aromatic N) is 4. The van der Waals surface area contributed by atoms with Gasteiger partial charge in [0.05, 0.1) is 29.6 Å². The van der Waals surface area contributed by atoms with Crippen molar-refractivity contribution in [1.82, 2.24) is 36.1 Å². The standard InChI is InChI=1S/C49H61N11O8/c1-27-41(28(2)56-43(55-27)32-8-10-35-40(26-32)66-20-14-49(35,4)5)46(63)58-36(13-15-50)48(65)60(6)42-31-9-12-39(68-22-18-53)34(25-31)33-23-30(7-11-38(33)67-21-17-52)24-37(45(62)54-19-16-51)59-44(61)29(3)57-47(42)64/h7-12,23,25-26,29,36-37,42H,13-15,17-22,24,50,52-53H2,1-6H3,(H,54,62)(H,57,64)(H,58,63)(H,59,61)/t29-,36-,37-,42-/m0/s1. The minimum absolute atomic E-state index is 0.00136. The van der Waals surface area contributed by atoms with E-state index < -0.39 is 53.7 Å². The van der Waals surface area contributed by atoms with E-state index in [1.807, 2.05) is 24.3 Å². The van der Waals surface area contributed by atoms with Crippen LogP contribution in [0.2, 0.25) is 0 Å². The third-order valence-electron chi connectivity index (χ3n) is 12.1. The molecule has 3 heterocycles. The first-order chi connectivity index (χ1) is 32.5. The van der Waals surface area contributed by atoms with Gasteiger partial charge >= 0.3 is 0 Å². The molecule has 6 rings (SSSR count). The number of nitrogens with one attached hydrogen (secondary N) is 4. The molecule has 0 fully saturated rings. The number of carbonyl (C=O) groups is 5. The molecule has 3 aromatic carbocycles. The summed E-state index contributed by atoms with van der Waals surface area (Å²) in [4.78, 5) is 81.3. The molecule has 0 saturated heterocycles. The zero-order valence-corrected chi connectivity index (χ0v) is 39.4. The van der Waals surface area contributed by atoms with Gasteiger partial charge in [0.1, 0.15) is 61.2 Å². The largest absolute Gasteiger partial charge is 0.493 e. The number of amides is 5. The van der Waals surface area contributed by atoms with E-state index in [0.717, 1.165) is 23.3 Å². The summed E-state index contributed by atoms with van der Waals surface area (Å²) in [5.74, 6) is -1.44. The SMILES string of the molecule is Cc1nc(-c2ccc3c(c2)OCCC3(C)C)nc(C)c1C(=O)N[C@@H](CCN)C(=O)N(C)[C@@H]1C(=O)N[C@@H](C)C(=O)N[C@H](C(=O)NCC#N)Cc2ccc(OCCN)c(c2)-c2cc1ccc2OCCN. The topological polar surface area (TPSA) is 292 Å². The zero-order valence-electron chi connectivity index (χ0n) is 39.4. The number of nitriles is 1. The summed E-state index contributed by atoms with van der Waals surface area (Å²) in [5.41, 5.74) is 22.3. The molecule has 19 heteroatoms. The maximum Gasteiger partial charge on any atom is 0.255 e. The van der Waals surface area contributed by atoms with Gasteiger partial charge in [0.2, 0.25) is 23.6 Å². The van der Waals surface area contributed by atoms with E-state index in [0.29, 0.717) is 57.6 Å². The van der Waals surface area contributed by atoms with E-state index in [1.165, 1.54) is 18.9 Å². The molecule has 5 amide bonds. The predicted octanol–water partition coefficient (Wildman–Crippen LogP) is 1.99. The average molecular weight is 932 g/mol. The fraction of sp³-hybridized carbons (Fsp3) is 0.429. The van der Waals surface area contributed by atoms with Crippen LogP contribution in [0, 0.1) is 25.2 Å². The third-order valence-corrected chi connectivity index (χ3v) is 12.1. The maximum absolute atomic E-state index is 14.8. The van der Waals surface area contributed by atoms with Crippen molar-refractivity contribution in [3.05, 3.63) is 88.2 Å². The Morgan fingerprint density at radius 1 is 0.926 bits per heavy atom. The Hall–Kier alpha value is -7.14. The molecule has 4 aromatic rings. The highest BCUT2D eigenvalue weighted by Gasteiger charge is 2.37. The molecule has 19 nitrogen and oxygen atoms in total. The van der Waals surface area contributed by atoms with E-state index in [4.69, 9.17) is 41.4 Å². The van der Waals surface area contributed by atoms with Gasteiger partial charge in [-0.2, -0.15) is 5.26 Å². The molecule has 4 bridgehead atoms. The van der Waals surface area contributed by atoms with Crippen molar-refractivity contribution in [2.24, 2.45) is 17.2 Å². The molecule has 0 aliphatic carbocycles. The fourth-order valence-corrected chi connectivity index (χ4v) is 8.42. The van der Waals surface area contributed by atoms with Crippen LogP contribution >= 0.6 is 0 Å². The lowest BCUT2D eigenvalue weighted by molar-refractivity contribution is -0.141. The number of fused-ring (bicyclic) bond motifs is 6. The number of rotatable bonds is 15. The average Bonchev–Trinajstić information content (AvgIpc) is 3.30. The van der Waals surface area contributed by atoms with Crippen LogP contribution in [0.4, 0.5) is 0 Å². The summed E-state index contributed by atoms with van der Waals surface area (Å²) in [5, 5.41) is 20.0. The number of benzene rings is 3. The summed E-state index contributed by atoms with van der Waals surface area (Å²) in [7, 11) is 1.42. The number of ether oxygens (including phenoxy) is 3. The Labute approximate surface area is 395 Å². The molecule has 68 heavy (non-hydrogen) atoms. The number of hydrogen-bond donors (Lipinski definition) is 7. The van der Waals surface area contributed by atoms with Crippen LogP contribution < -0.4 is 52.7 Å². The first-order valence-electron chi connectivity index (χ1n) is 22.6. The van der Waals surface area contributed by atoms with Crippen molar-refractivity contribution in [2.45, 2.75) is 83.5 Å². The number of hydrogen-bond acceptors (Lipinski definition) is 14. The Bertz CT molecular complexity index is 2570. The van der Waals surface area contributed by atoms with Gasteiger partial charge < -0.3 is 57.6 Å². The minimum atomic E-state index is -1.41. The molecule has 0 spiro atoms. The first-order valence-corrected chi connectivity index (χ1v) is 22.6. The quantitative estimate of drug-likeness (QED) is 0.0840. The van der Waals surface area contributed by atoms with Gasteiger partial charge in [-0.05, 0) is 92.6 Å². The van der Waals surface area contributed by atoms with E-state index in [-0.39, 0.29) is 63.2 Å².